The molecule has 0 radical (unpaired) electrons. The van der Waals surface area contributed by atoms with Crippen LogP contribution in [0.3, 0.4) is 0 Å². The Bertz CT molecular complexity index is 1030. The van der Waals surface area contributed by atoms with Crippen molar-refractivity contribution in [2.24, 2.45) is 0 Å². The molecule has 1 aliphatic rings. The van der Waals surface area contributed by atoms with Gasteiger partial charge >= 0.3 is 12.1 Å². The van der Waals surface area contributed by atoms with E-state index in [2.05, 4.69) is 10.6 Å². The van der Waals surface area contributed by atoms with Crippen LogP contribution in [0.4, 0.5) is 17.6 Å². The summed E-state index contributed by atoms with van der Waals surface area (Å²) >= 11 is 0. The Morgan fingerprint density at radius 3 is 1.76 bits per heavy atom. The summed E-state index contributed by atoms with van der Waals surface area (Å²) in [6.07, 6.45) is -5.21. The fourth-order valence-electron chi connectivity index (χ4n) is 3.69. The van der Waals surface area contributed by atoms with Crippen LogP contribution in [0.25, 0.3) is 0 Å². The first-order chi connectivity index (χ1) is 15.8. The van der Waals surface area contributed by atoms with Gasteiger partial charge in [-0.15, -0.1) is 0 Å². The summed E-state index contributed by atoms with van der Waals surface area (Å²) in [5, 5.41) is 6.00. The van der Waals surface area contributed by atoms with Crippen LogP contribution in [0, 0.1) is 5.82 Å². The van der Waals surface area contributed by atoms with Gasteiger partial charge in [0, 0.05) is 0 Å². The van der Waals surface area contributed by atoms with Crippen LogP contribution in [0.5, 0.6) is 5.75 Å². The van der Waals surface area contributed by atoms with Crippen LogP contribution < -0.4 is 15.4 Å². The molecule has 1 heterocycles. The molecule has 1 saturated heterocycles. The molecule has 2 unspecified atom stereocenters. The van der Waals surface area contributed by atoms with E-state index in [4.69, 9.17) is 9.47 Å². The largest absolute Gasteiger partial charge is 0.491 e. The number of carbonyl (C=O) groups is 1. The third kappa shape index (κ3) is 5.32. The fourth-order valence-corrected chi connectivity index (χ4v) is 3.69. The van der Waals surface area contributed by atoms with E-state index in [1.54, 1.807) is 24.3 Å². The van der Waals surface area contributed by atoms with Crippen molar-refractivity contribution in [1.29, 1.82) is 0 Å². The smallest absolute Gasteiger partial charge is 0.486 e. The third-order valence-electron chi connectivity index (χ3n) is 5.18. The Kier molecular flexibility index (Phi) is 6.35. The predicted molar refractivity (Wildman–Crippen MR) is 111 cm³/mol. The van der Waals surface area contributed by atoms with Crippen molar-refractivity contribution >= 4 is 5.97 Å². The van der Waals surface area contributed by atoms with Gasteiger partial charge in [0.1, 0.15) is 11.6 Å². The van der Waals surface area contributed by atoms with E-state index < -0.39 is 42.5 Å². The predicted octanol–water partition coefficient (Wildman–Crippen LogP) is 4.64. The normalized spacial score (nSPS) is 22.7. The monoisotopic (exact) mass is 460 g/mol. The number of carbonyl (C=O) groups excluding carboxylic acids is 1. The first-order valence-electron chi connectivity index (χ1n) is 10.1. The standard InChI is InChI=1S/C24H20F4N2O3/c25-18-11-13-19(14-12-18)32-15-23(33-22(31)24(26,27)28)29-20(16-7-3-1-4-8-16)21(30-23)17-9-5-2-6-10-17/h1-14,20-21,29-30H,15H2. The van der Waals surface area contributed by atoms with Crippen molar-refractivity contribution in [2.75, 3.05) is 6.61 Å². The second-order valence-corrected chi connectivity index (χ2v) is 7.52. The first kappa shape index (κ1) is 22.8. The van der Waals surface area contributed by atoms with E-state index >= 15 is 0 Å². The van der Waals surface area contributed by atoms with Crippen LogP contribution in [0.2, 0.25) is 0 Å². The van der Waals surface area contributed by atoms with E-state index in [-0.39, 0.29) is 5.75 Å². The van der Waals surface area contributed by atoms with Crippen molar-refractivity contribution in [3.8, 4) is 5.75 Å². The molecule has 172 valence electrons. The highest BCUT2D eigenvalue weighted by Crippen LogP contribution is 2.38. The van der Waals surface area contributed by atoms with E-state index in [0.29, 0.717) is 0 Å². The summed E-state index contributed by atoms with van der Waals surface area (Å²) in [6, 6.07) is 22.0. The Morgan fingerprint density at radius 1 is 0.818 bits per heavy atom. The summed E-state index contributed by atoms with van der Waals surface area (Å²) < 4.78 is 63.1. The molecule has 0 bridgehead atoms. The summed E-state index contributed by atoms with van der Waals surface area (Å²) in [4.78, 5) is 11.8. The molecule has 0 aliphatic carbocycles. The van der Waals surface area contributed by atoms with Crippen LogP contribution in [0.15, 0.2) is 84.9 Å². The molecule has 0 amide bonds. The number of alkyl halides is 3. The van der Waals surface area contributed by atoms with Gasteiger partial charge in [0.25, 0.3) is 5.85 Å². The lowest BCUT2D eigenvalue weighted by atomic mass is 9.95. The lowest BCUT2D eigenvalue weighted by molar-refractivity contribution is -0.221. The molecule has 2 N–H and O–H groups in total. The maximum atomic E-state index is 13.2. The molecule has 0 aromatic heterocycles. The average Bonchev–Trinajstić information content (AvgIpc) is 3.19. The molecule has 3 aromatic carbocycles. The summed E-state index contributed by atoms with van der Waals surface area (Å²) in [5.41, 5.74) is 1.54. The Morgan fingerprint density at radius 2 is 1.30 bits per heavy atom. The minimum absolute atomic E-state index is 0.196. The Hall–Kier alpha value is -3.43. The number of hydrogen-bond acceptors (Lipinski definition) is 5. The Balaban J connectivity index is 1.69. The molecule has 0 spiro atoms. The fraction of sp³-hybridized carbons (Fsp3) is 0.208. The van der Waals surface area contributed by atoms with Crippen LogP contribution in [0.1, 0.15) is 23.2 Å². The number of benzene rings is 3. The van der Waals surface area contributed by atoms with Crippen molar-refractivity contribution in [1.82, 2.24) is 10.6 Å². The van der Waals surface area contributed by atoms with E-state index in [0.717, 1.165) is 23.3 Å². The topological polar surface area (TPSA) is 59.6 Å². The van der Waals surface area contributed by atoms with Crippen molar-refractivity contribution in [3.05, 3.63) is 102 Å². The van der Waals surface area contributed by atoms with Crippen LogP contribution >= 0.6 is 0 Å². The van der Waals surface area contributed by atoms with Gasteiger partial charge in [-0.25, -0.2) is 9.18 Å². The second kappa shape index (κ2) is 9.21. The molecule has 1 fully saturated rings. The zero-order valence-corrected chi connectivity index (χ0v) is 17.2. The van der Waals surface area contributed by atoms with E-state index in [1.807, 2.05) is 36.4 Å². The van der Waals surface area contributed by atoms with Crippen LogP contribution in [-0.4, -0.2) is 24.6 Å². The number of halogens is 4. The van der Waals surface area contributed by atoms with Gasteiger partial charge in [-0.1, -0.05) is 60.7 Å². The Labute approximate surface area is 187 Å². The van der Waals surface area contributed by atoms with Gasteiger partial charge < -0.3 is 9.47 Å². The number of esters is 1. The maximum Gasteiger partial charge on any atom is 0.491 e. The van der Waals surface area contributed by atoms with Crippen LogP contribution in [-0.2, 0) is 9.53 Å². The van der Waals surface area contributed by atoms with Gasteiger partial charge in [0.05, 0.1) is 12.1 Å². The molecule has 0 saturated carbocycles. The van der Waals surface area contributed by atoms with Gasteiger partial charge in [-0.2, -0.15) is 13.2 Å². The molecule has 33 heavy (non-hydrogen) atoms. The average molecular weight is 460 g/mol. The maximum absolute atomic E-state index is 13.2. The summed E-state index contributed by atoms with van der Waals surface area (Å²) in [7, 11) is 0. The minimum atomic E-state index is -5.21. The SMILES string of the molecule is O=C(OC1(COc2ccc(F)cc2)NC(c2ccccc2)C(c2ccccc2)N1)C(F)(F)F. The highest BCUT2D eigenvalue weighted by atomic mass is 19.4. The van der Waals surface area contributed by atoms with E-state index in [1.165, 1.54) is 12.1 Å². The molecule has 1 aliphatic heterocycles. The first-order valence-corrected chi connectivity index (χ1v) is 10.1. The molecule has 2 atom stereocenters. The minimum Gasteiger partial charge on any atom is -0.486 e. The van der Waals surface area contributed by atoms with Crippen molar-refractivity contribution in [2.45, 2.75) is 24.1 Å². The molecular formula is C24H20F4N2O3. The molecule has 3 aromatic rings. The number of nitrogens with one attached hydrogen (secondary N) is 2. The highest BCUT2D eigenvalue weighted by Gasteiger charge is 2.53. The molecule has 5 nitrogen and oxygen atoms in total. The molecule has 9 heteroatoms. The molecular weight excluding hydrogens is 440 g/mol. The van der Waals surface area contributed by atoms with Crippen molar-refractivity contribution < 1.29 is 31.8 Å². The zero-order valence-electron chi connectivity index (χ0n) is 17.2. The van der Waals surface area contributed by atoms with Gasteiger partial charge in [-0.3, -0.25) is 10.6 Å². The summed E-state index contributed by atoms with van der Waals surface area (Å²) in [5.74, 6) is -4.68. The van der Waals surface area contributed by atoms with Gasteiger partial charge in [0.15, 0.2) is 6.61 Å². The summed E-state index contributed by atoms with van der Waals surface area (Å²) in [6.45, 7) is -0.507. The van der Waals surface area contributed by atoms with Gasteiger partial charge in [-0.05, 0) is 35.4 Å². The lowest BCUT2D eigenvalue weighted by Crippen LogP contribution is -2.59. The zero-order chi connectivity index (χ0) is 23.5. The molecule has 4 rings (SSSR count). The van der Waals surface area contributed by atoms with E-state index in [9.17, 15) is 22.4 Å². The third-order valence-corrected chi connectivity index (χ3v) is 5.18. The highest BCUT2D eigenvalue weighted by molar-refractivity contribution is 5.76. The van der Waals surface area contributed by atoms with Crippen molar-refractivity contribution in [3.63, 3.8) is 0 Å². The van der Waals surface area contributed by atoms with Gasteiger partial charge in [0.2, 0.25) is 0 Å². The number of rotatable bonds is 6. The lowest BCUT2D eigenvalue weighted by Gasteiger charge is -2.30. The number of hydrogen-bond donors (Lipinski definition) is 2. The quantitative estimate of drug-likeness (QED) is 0.415. The second-order valence-electron chi connectivity index (χ2n) is 7.52. The number of ether oxygens (including phenoxy) is 2.